The van der Waals surface area contributed by atoms with Gasteiger partial charge in [0.25, 0.3) is 0 Å². The minimum atomic E-state index is 0.637. The van der Waals surface area contributed by atoms with Gasteiger partial charge in [0, 0.05) is 17.5 Å². The number of nitrogens with one attached hydrogen (secondary N) is 1. The second kappa shape index (κ2) is 7.85. The number of nitrogens with zero attached hydrogens (tertiary/aromatic N) is 2. The van der Waals surface area contributed by atoms with Crippen molar-refractivity contribution in [3.63, 3.8) is 0 Å². The van der Waals surface area contributed by atoms with E-state index >= 15 is 0 Å². The van der Waals surface area contributed by atoms with Crippen molar-refractivity contribution in [3.8, 4) is 0 Å². The van der Waals surface area contributed by atoms with Crippen LogP contribution in [0, 0.1) is 5.92 Å². The molecule has 2 rings (SSSR count). The first kappa shape index (κ1) is 14.8. The van der Waals surface area contributed by atoms with Gasteiger partial charge in [-0.1, -0.05) is 26.7 Å². The van der Waals surface area contributed by atoms with Crippen LogP contribution >= 0.6 is 11.8 Å². The maximum Gasteiger partial charge on any atom is 0.116 e. The first-order chi connectivity index (χ1) is 9.33. The van der Waals surface area contributed by atoms with Crippen LogP contribution < -0.4 is 5.32 Å². The average Bonchev–Trinajstić information content (AvgIpc) is 2.43. The van der Waals surface area contributed by atoms with Gasteiger partial charge in [-0.25, -0.2) is 9.97 Å². The topological polar surface area (TPSA) is 37.8 Å². The van der Waals surface area contributed by atoms with Crippen molar-refractivity contribution < 1.29 is 0 Å². The molecule has 1 aromatic heterocycles. The lowest BCUT2D eigenvalue weighted by Gasteiger charge is -2.36. The molecule has 3 atom stereocenters. The van der Waals surface area contributed by atoms with E-state index in [2.05, 4.69) is 29.1 Å². The predicted octanol–water partition coefficient (Wildman–Crippen LogP) is 3.52. The van der Waals surface area contributed by atoms with Crippen LogP contribution in [0.5, 0.6) is 0 Å². The van der Waals surface area contributed by atoms with Crippen molar-refractivity contribution in [2.75, 3.05) is 6.54 Å². The Bertz CT molecular complexity index is 358. The summed E-state index contributed by atoms with van der Waals surface area (Å²) < 4.78 is 0. The molecule has 1 fully saturated rings. The molecule has 0 saturated heterocycles. The van der Waals surface area contributed by atoms with Crippen LogP contribution in [0.15, 0.2) is 23.6 Å². The van der Waals surface area contributed by atoms with Gasteiger partial charge in [-0.15, -0.1) is 11.8 Å². The normalized spacial score (nSPS) is 27.4. The molecule has 0 bridgehead atoms. The van der Waals surface area contributed by atoms with E-state index in [9.17, 15) is 0 Å². The summed E-state index contributed by atoms with van der Waals surface area (Å²) in [4.78, 5) is 8.36. The monoisotopic (exact) mass is 279 g/mol. The van der Waals surface area contributed by atoms with Crippen LogP contribution in [0.25, 0.3) is 0 Å². The van der Waals surface area contributed by atoms with Gasteiger partial charge in [0.05, 0.1) is 5.03 Å². The first-order valence-corrected chi connectivity index (χ1v) is 8.37. The molecule has 19 heavy (non-hydrogen) atoms. The fraction of sp³-hybridized carbons (Fsp3) is 0.733. The zero-order chi connectivity index (χ0) is 13.5. The van der Waals surface area contributed by atoms with Crippen molar-refractivity contribution in [2.24, 2.45) is 5.92 Å². The molecular weight excluding hydrogens is 254 g/mol. The molecule has 0 spiro atoms. The summed E-state index contributed by atoms with van der Waals surface area (Å²) in [7, 11) is 0. The molecule has 4 heteroatoms. The minimum absolute atomic E-state index is 0.637. The van der Waals surface area contributed by atoms with E-state index in [0.717, 1.165) is 17.5 Å². The summed E-state index contributed by atoms with van der Waals surface area (Å²) in [5.74, 6) is 0.902. The fourth-order valence-electron chi connectivity index (χ4n) is 3.01. The lowest BCUT2D eigenvalue weighted by molar-refractivity contribution is 0.289. The van der Waals surface area contributed by atoms with Crippen molar-refractivity contribution in [1.82, 2.24) is 15.3 Å². The summed E-state index contributed by atoms with van der Waals surface area (Å²) in [6.07, 6.45) is 10.2. The molecule has 3 unspecified atom stereocenters. The van der Waals surface area contributed by atoms with Crippen molar-refractivity contribution in [1.29, 1.82) is 0 Å². The van der Waals surface area contributed by atoms with Crippen LogP contribution in [0.2, 0.25) is 0 Å². The molecule has 0 amide bonds. The molecule has 1 aliphatic carbocycles. The maximum atomic E-state index is 4.36. The van der Waals surface area contributed by atoms with Crippen molar-refractivity contribution in [2.45, 2.75) is 62.3 Å². The Morgan fingerprint density at radius 3 is 2.95 bits per heavy atom. The molecule has 1 heterocycles. The van der Waals surface area contributed by atoms with Gasteiger partial charge in [-0.3, -0.25) is 0 Å². The average molecular weight is 279 g/mol. The third kappa shape index (κ3) is 4.46. The van der Waals surface area contributed by atoms with Crippen LogP contribution in [-0.4, -0.2) is 27.8 Å². The Kier molecular flexibility index (Phi) is 6.11. The standard InChI is InChI=1S/C15H25N3S/c1-3-5-12-6-7-13(17-4-2)14(10-12)19-15-8-9-16-11-18-15/h8-9,11-14,17H,3-7,10H2,1-2H3. The summed E-state index contributed by atoms with van der Waals surface area (Å²) in [6.45, 7) is 5.55. The van der Waals surface area contributed by atoms with E-state index in [-0.39, 0.29) is 0 Å². The highest BCUT2D eigenvalue weighted by Gasteiger charge is 2.30. The third-order valence-electron chi connectivity index (χ3n) is 3.89. The number of thioether (sulfide) groups is 1. The van der Waals surface area contributed by atoms with Gasteiger partial charge in [0.1, 0.15) is 6.33 Å². The highest BCUT2D eigenvalue weighted by molar-refractivity contribution is 7.99. The minimum Gasteiger partial charge on any atom is -0.313 e. The van der Waals surface area contributed by atoms with Crippen LogP contribution in [0.3, 0.4) is 0 Å². The number of hydrogen-bond acceptors (Lipinski definition) is 4. The fourth-order valence-corrected chi connectivity index (χ4v) is 4.33. The molecule has 106 valence electrons. The first-order valence-electron chi connectivity index (χ1n) is 7.49. The smallest absolute Gasteiger partial charge is 0.116 e. The Morgan fingerprint density at radius 2 is 2.26 bits per heavy atom. The number of rotatable bonds is 6. The van der Waals surface area contributed by atoms with E-state index in [1.54, 1.807) is 6.33 Å². The van der Waals surface area contributed by atoms with Crippen molar-refractivity contribution in [3.05, 3.63) is 18.6 Å². The Balaban J connectivity index is 1.98. The van der Waals surface area contributed by atoms with Crippen LogP contribution in [0.4, 0.5) is 0 Å². The summed E-state index contributed by atoms with van der Waals surface area (Å²) in [5.41, 5.74) is 0. The van der Waals surface area contributed by atoms with E-state index in [1.807, 2.05) is 24.0 Å². The molecule has 1 saturated carbocycles. The summed E-state index contributed by atoms with van der Waals surface area (Å²) >= 11 is 1.93. The lowest BCUT2D eigenvalue weighted by Crippen LogP contribution is -2.42. The van der Waals surface area contributed by atoms with Gasteiger partial charge in [-0.2, -0.15) is 0 Å². The Hall–Kier alpha value is -0.610. The Labute approximate surface area is 121 Å². The highest BCUT2D eigenvalue weighted by atomic mass is 32.2. The van der Waals surface area contributed by atoms with Crippen LogP contribution in [0.1, 0.15) is 46.0 Å². The third-order valence-corrected chi connectivity index (χ3v) is 5.20. The number of hydrogen-bond donors (Lipinski definition) is 1. The second-order valence-corrected chi connectivity index (χ2v) is 6.60. The second-order valence-electron chi connectivity index (χ2n) is 5.34. The summed E-state index contributed by atoms with van der Waals surface area (Å²) in [6, 6.07) is 2.66. The number of aromatic nitrogens is 2. The van der Waals surface area contributed by atoms with Gasteiger partial charge >= 0.3 is 0 Å². The molecule has 0 radical (unpaired) electrons. The molecule has 3 nitrogen and oxygen atoms in total. The summed E-state index contributed by atoms with van der Waals surface area (Å²) in [5, 5.41) is 5.42. The molecule has 1 aromatic rings. The zero-order valence-electron chi connectivity index (χ0n) is 12.0. The predicted molar refractivity (Wildman–Crippen MR) is 81.4 cm³/mol. The zero-order valence-corrected chi connectivity index (χ0v) is 12.8. The molecule has 1 N–H and O–H groups in total. The van der Waals surface area contributed by atoms with E-state index in [4.69, 9.17) is 0 Å². The Morgan fingerprint density at radius 1 is 1.37 bits per heavy atom. The van der Waals surface area contributed by atoms with E-state index < -0.39 is 0 Å². The largest absolute Gasteiger partial charge is 0.313 e. The van der Waals surface area contributed by atoms with Gasteiger partial charge in [0.15, 0.2) is 0 Å². The maximum absolute atomic E-state index is 4.36. The van der Waals surface area contributed by atoms with Gasteiger partial charge in [-0.05, 0) is 37.8 Å². The lowest BCUT2D eigenvalue weighted by atomic mass is 9.83. The van der Waals surface area contributed by atoms with Gasteiger partial charge < -0.3 is 5.32 Å². The van der Waals surface area contributed by atoms with E-state index in [0.29, 0.717) is 11.3 Å². The molecule has 1 aliphatic rings. The highest BCUT2D eigenvalue weighted by Crippen LogP contribution is 2.37. The SMILES string of the molecule is CCCC1CCC(NCC)C(Sc2ccncn2)C1. The van der Waals surface area contributed by atoms with Crippen molar-refractivity contribution >= 4 is 11.8 Å². The molecular formula is C15H25N3S. The molecule has 0 aromatic carbocycles. The van der Waals surface area contributed by atoms with Crippen LogP contribution in [-0.2, 0) is 0 Å². The quantitative estimate of drug-likeness (QED) is 0.809. The van der Waals surface area contributed by atoms with Gasteiger partial charge in [0.2, 0.25) is 0 Å². The van der Waals surface area contributed by atoms with E-state index in [1.165, 1.54) is 32.1 Å². The molecule has 0 aliphatic heterocycles.